The van der Waals surface area contributed by atoms with Crippen molar-refractivity contribution in [3.05, 3.63) is 40.6 Å². The highest BCUT2D eigenvalue weighted by atomic mass is 16.5. The molecule has 2 heterocycles. The standard InChI is InChI=1S/C17H19N3O5/c1-19-8-11-10(15(19)22)4-3-5-13(11)18-14-12(17(24)25-2)9-20(6-7-21)16(14)23/h3-5,18,21H,6-9H2,1-2H3. The monoisotopic (exact) mass is 345 g/mol. The van der Waals surface area contributed by atoms with Crippen LogP contribution in [0.25, 0.3) is 0 Å². The Morgan fingerprint density at radius 1 is 1.28 bits per heavy atom. The molecule has 0 atom stereocenters. The molecule has 25 heavy (non-hydrogen) atoms. The predicted octanol–water partition coefficient (Wildman–Crippen LogP) is -0.0543. The van der Waals surface area contributed by atoms with Crippen LogP contribution in [0, 0.1) is 0 Å². The number of hydrogen-bond acceptors (Lipinski definition) is 6. The largest absolute Gasteiger partial charge is 0.466 e. The molecule has 0 saturated carbocycles. The Morgan fingerprint density at radius 2 is 2.04 bits per heavy atom. The molecule has 2 amide bonds. The molecule has 2 aliphatic heterocycles. The fourth-order valence-corrected chi connectivity index (χ4v) is 3.07. The number of aliphatic hydroxyl groups is 1. The zero-order valence-electron chi connectivity index (χ0n) is 14.0. The van der Waals surface area contributed by atoms with E-state index < -0.39 is 5.97 Å². The Labute approximate surface area is 144 Å². The Bertz CT molecular complexity index is 786. The average molecular weight is 345 g/mol. The van der Waals surface area contributed by atoms with Crippen molar-refractivity contribution in [2.24, 2.45) is 0 Å². The lowest BCUT2D eigenvalue weighted by molar-refractivity contribution is -0.136. The van der Waals surface area contributed by atoms with Crippen LogP contribution in [0.4, 0.5) is 5.69 Å². The normalized spacial score (nSPS) is 16.6. The fourth-order valence-electron chi connectivity index (χ4n) is 3.07. The van der Waals surface area contributed by atoms with E-state index in [4.69, 9.17) is 9.84 Å². The minimum Gasteiger partial charge on any atom is -0.466 e. The first-order chi connectivity index (χ1) is 12.0. The summed E-state index contributed by atoms with van der Waals surface area (Å²) in [6.07, 6.45) is 0. The van der Waals surface area contributed by atoms with Gasteiger partial charge >= 0.3 is 5.97 Å². The third kappa shape index (κ3) is 2.85. The summed E-state index contributed by atoms with van der Waals surface area (Å²) in [7, 11) is 2.95. The number of methoxy groups -OCH3 is 1. The van der Waals surface area contributed by atoms with E-state index >= 15 is 0 Å². The first kappa shape index (κ1) is 17.0. The molecule has 3 rings (SSSR count). The van der Waals surface area contributed by atoms with Crippen LogP contribution < -0.4 is 5.32 Å². The van der Waals surface area contributed by atoms with E-state index in [2.05, 4.69) is 5.32 Å². The second-order valence-corrected chi connectivity index (χ2v) is 5.91. The summed E-state index contributed by atoms with van der Waals surface area (Å²) < 4.78 is 4.76. The van der Waals surface area contributed by atoms with Gasteiger partial charge in [0.2, 0.25) is 0 Å². The lowest BCUT2D eigenvalue weighted by Crippen LogP contribution is -2.31. The van der Waals surface area contributed by atoms with Crippen molar-refractivity contribution < 1.29 is 24.2 Å². The lowest BCUT2D eigenvalue weighted by atomic mass is 10.1. The highest BCUT2D eigenvalue weighted by Crippen LogP contribution is 2.31. The van der Waals surface area contributed by atoms with Crippen LogP contribution in [0.2, 0.25) is 0 Å². The van der Waals surface area contributed by atoms with Crippen molar-refractivity contribution in [1.29, 1.82) is 0 Å². The quantitative estimate of drug-likeness (QED) is 0.726. The van der Waals surface area contributed by atoms with Crippen molar-refractivity contribution >= 4 is 23.5 Å². The summed E-state index contributed by atoms with van der Waals surface area (Å²) in [6.45, 7) is 0.418. The second kappa shape index (κ2) is 6.56. The fraction of sp³-hybridized carbons (Fsp3) is 0.353. The highest BCUT2D eigenvalue weighted by molar-refractivity contribution is 6.09. The number of fused-ring (bicyclic) bond motifs is 1. The van der Waals surface area contributed by atoms with Crippen LogP contribution >= 0.6 is 0 Å². The van der Waals surface area contributed by atoms with Crippen molar-refractivity contribution in [3.8, 4) is 0 Å². The molecule has 8 nitrogen and oxygen atoms in total. The SMILES string of the molecule is COC(=O)C1=C(Nc2cccc3c2CN(C)C3=O)C(=O)N(CCO)C1. The van der Waals surface area contributed by atoms with Crippen molar-refractivity contribution in [1.82, 2.24) is 9.80 Å². The van der Waals surface area contributed by atoms with Gasteiger partial charge in [-0.2, -0.15) is 0 Å². The maximum absolute atomic E-state index is 12.6. The molecule has 0 bridgehead atoms. The zero-order valence-corrected chi connectivity index (χ0v) is 14.0. The number of amides is 2. The van der Waals surface area contributed by atoms with Crippen LogP contribution in [0.15, 0.2) is 29.5 Å². The minimum absolute atomic E-state index is 0.0717. The van der Waals surface area contributed by atoms with Crippen LogP contribution in [-0.2, 0) is 20.9 Å². The number of nitrogens with zero attached hydrogens (tertiary/aromatic N) is 2. The summed E-state index contributed by atoms with van der Waals surface area (Å²) in [5, 5.41) is 12.1. The van der Waals surface area contributed by atoms with Gasteiger partial charge in [0, 0.05) is 37.0 Å². The van der Waals surface area contributed by atoms with Crippen molar-refractivity contribution in [2.75, 3.05) is 39.2 Å². The molecule has 0 aliphatic carbocycles. The maximum Gasteiger partial charge on any atom is 0.337 e. The molecular formula is C17H19N3O5. The summed E-state index contributed by atoms with van der Waals surface area (Å²) in [4.78, 5) is 39.7. The average Bonchev–Trinajstić information content (AvgIpc) is 3.07. The number of aliphatic hydroxyl groups excluding tert-OH is 1. The Hall–Kier alpha value is -2.87. The zero-order chi connectivity index (χ0) is 18.1. The van der Waals surface area contributed by atoms with E-state index in [1.807, 2.05) is 0 Å². The number of benzene rings is 1. The summed E-state index contributed by atoms with van der Waals surface area (Å²) >= 11 is 0. The highest BCUT2D eigenvalue weighted by Gasteiger charge is 2.35. The van der Waals surface area contributed by atoms with E-state index in [1.165, 1.54) is 12.0 Å². The molecule has 8 heteroatoms. The number of β-amino-alcohol motifs (C(OH)–C–C–N with tert-alkyl or cyclic N) is 1. The van der Waals surface area contributed by atoms with Crippen molar-refractivity contribution in [2.45, 2.75) is 6.54 Å². The number of carbonyl (C=O) groups is 3. The smallest absolute Gasteiger partial charge is 0.337 e. The van der Waals surface area contributed by atoms with Crippen LogP contribution in [-0.4, -0.2) is 66.5 Å². The van der Waals surface area contributed by atoms with Gasteiger partial charge in [-0.3, -0.25) is 9.59 Å². The number of nitrogens with one attached hydrogen (secondary N) is 1. The molecule has 0 unspecified atom stereocenters. The lowest BCUT2D eigenvalue weighted by Gasteiger charge is -2.15. The van der Waals surface area contributed by atoms with Gasteiger partial charge < -0.3 is 25.0 Å². The molecule has 0 spiro atoms. The summed E-state index contributed by atoms with van der Waals surface area (Å²) in [5.74, 6) is -1.07. The summed E-state index contributed by atoms with van der Waals surface area (Å²) in [6, 6.07) is 5.22. The molecule has 2 aliphatic rings. The van der Waals surface area contributed by atoms with E-state index in [0.717, 1.165) is 5.56 Å². The van der Waals surface area contributed by atoms with E-state index in [1.54, 1.807) is 30.1 Å². The number of esters is 1. The van der Waals surface area contributed by atoms with Crippen LogP contribution in [0.1, 0.15) is 15.9 Å². The third-order valence-corrected chi connectivity index (χ3v) is 4.36. The van der Waals surface area contributed by atoms with Gasteiger partial charge in [-0.1, -0.05) is 6.07 Å². The van der Waals surface area contributed by atoms with E-state index in [0.29, 0.717) is 17.8 Å². The molecule has 0 radical (unpaired) electrons. The second-order valence-electron chi connectivity index (χ2n) is 5.91. The number of rotatable bonds is 5. The molecule has 0 aromatic heterocycles. The third-order valence-electron chi connectivity index (χ3n) is 4.36. The van der Waals surface area contributed by atoms with Crippen LogP contribution in [0.3, 0.4) is 0 Å². The van der Waals surface area contributed by atoms with Gasteiger partial charge in [-0.25, -0.2) is 4.79 Å². The van der Waals surface area contributed by atoms with Gasteiger partial charge in [-0.05, 0) is 12.1 Å². The van der Waals surface area contributed by atoms with E-state index in [9.17, 15) is 14.4 Å². The number of hydrogen-bond donors (Lipinski definition) is 2. The number of anilines is 1. The van der Waals surface area contributed by atoms with E-state index in [-0.39, 0.29) is 42.8 Å². The first-order valence-electron chi connectivity index (χ1n) is 7.84. The molecule has 1 aromatic rings. The predicted molar refractivity (Wildman–Crippen MR) is 88.6 cm³/mol. The Morgan fingerprint density at radius 3 is 2.72 bits per heavy atom. The molecule has 132 valence electrons. The van der Waals surface area contributed by atoms with Gasteiger partial charge in [0.25, 0.3) is 11.8 Å². The molecule has 0 fully saturated rings. The molecule has 0 saturated heterocycles. The Balaban J connectivity index is 1.97. The van der Waals surface area contributed by atoms with Crippen LogP contribution in [0.5, 0.6) is 0 Å². The topological polar surface area (TPSA) is 99.2 Å². The van der Waals surface area contributed by atoms with Gasteiger partial charge in [0.1, 0.15) is 5.70 Å². The summed E-state index contributed by atoms with van der Waals surface area (Å²) in [5.41, 5.74) is 2.28. The minimum atomic E-state index is -0.600. The van der Waals surface area contributed by atoms with Gasteiger partial charge in [0.05, 0.1) is 25.8 Å². The molecular weight excluding hydrogens is 326 g/mol. The Kier molecular flexibility index (Phi) is 4.45. The maximum atomic E-state index is 12.6. The number of ether oxygens (including phenoxy) is 1. The van der Waals surface area contributed by atoms with Gasteiger partial charge in [0.15, 0.2) is 0 Å². The molecule has 1 aromatic carbocycles. The van der Waals surface area contributed by atoms with Crippen molar-refractivity contribution in [3.63, 3.8) is 0 Å². The number of carbonyl (C=O) groups excluding carboxylic acids is 3. The van der Waals surface area contributed by atoms with Gasteiger partial charge in [-0.15, -0.1) is 0 Å². The molecule has 2 N–H and O–H groups in total. The first-order valence-corrected chi connectivity index (χ1v) is 7.84.